The van der Waals surface area contributed by atoms with Crippen molar-refractivity contribution in [1.82, 2.24) is 0 Å². The van der Waals surface area contributed by atoms with Gasteiger partial charge in [-0.25, -0.2) is 0 Å². The van der Waals surface area contributed by atoms with Gasteiger partial charge >= 0.3 is 0 Å². The second-order valence-corrected chi connectivity index (χ2v) is 3.69. The van der Waals surface area contributed by atoms with E-state index in [2.05, 4.69) is 0 Å². The van der Waals surface area contributed by atoms with Gasteiger partial charge in [0, 0.05) is 6.42 Å². The zero-order valence-corrected chi connectivity index (χ0v) is 8.34. The van der Waals surface area contributed by atoms with E-state index in [9.17, 15) is 5.11 Å². The van der Waals surface area contributed by atoms with E-state index in [4.69, 9.17) is 18.0 Å². The molecule has 0 saturated heterocycles. The van der Waals surface area contributed by atoms with Gasteiger partial charge in [0.05, 0.1) is 4.99 Å². The summed E-state index contributed by atoms with van der Waals surface area (Å²) >= 11 is 4.82. The van der Waals surface area contributed by atoms with Gasteiger partial charge < -0.3 is 10.8 Å². The number of hydrogen-bond donors (Lipinski definition) is 2. The Balaban J connectivity index is 2.76. The highest BCUT2D eigenvalue weighted by Gasteiger charge is 2.06. The third kappa shape index (κ3) is 3.03. The molecule has 3 heteroatoms. The number of phenolic OH excluding ortho intramolecular Hbond substituents is 1. The molecule has 1 aromatic rings. The average Bonchev–Trinajstić information content (AvgIpc) is 2.03. The Labute approximate surface area is 83.4 Å². The Morgan fingerprint density at radius 3 is 2.85 bits per heavy atom. The summed E-state index contributed by atoms with van der Waals surface area (Å²) in [7, 11) is 0. The Morgan fingerprint density at radius 2 is 2.31 bits per heavy atom. The molecule has 1 rings (SSSR count). The maximum Gasteiger partial charge on any atom is 0.115 e. The molecule has 13 heavy (non-hydrogen) atoms. The number of phenols is 1. The highest BCUT2D eigenvalue weighted by molar-refractivity contribution is 7.80. The fourth-order valence-electron chi connectivity index (χ4n) is 1.25. The summed E-state index contributed by atoms with van der Waals surface area (Å²) < 4.78 is 0. The lowest BCUT2D eigenvalue weighted by molar-refractivity contribution is 0.474. The molecule has 70 valence electrons. The maximum atomic E-state index is 9.23. The molecule has 0 bridgehead atoms. The number of benzene rings is 1. The SMILES string of the molecule is CC(CC(N)=S)c1cccc(O)c1. The first kappa shape index (κ1) is 9.99. The molecule has 1 aromatic carbocycles. The van der Waals surface area contributed by atoms with Crippen molar-refractivity contribution in [3.05, 3.63) is 29.8 Å². The van der Waals surface area contributed by atoms with Crippen LogP contribution >= 0.6 is 12.2 Å². The molecular weight excluding hydrogens is 182 g/mol. The minimum Gasteiger partial charge on any atom is -0.508 e. The average molecular weight is 195 g/mol. The minimum atomic E-state index is 0.268. The van der Waals surface area contributed by atoms with Crippen LogP contribution in [-0.2, 0) is 0 Å². The quantitative estimate of drug-likeness (QED) is 0.727. The van der Waals surface area contributed by atoms with Crippen LogP contribution in [0.25, 0.3) is 0 Å². The number of nitrogens with two attached hydrogens (primary N) is 1. The molecule has 3 N–H and O–H groups in total. The highest BCUT2D eigenvalue weighted by Crippen LogP contribution is 2.22. The largest absolute Gasteiger partial charge is 0.508 e. The Morgan fingerprint density at radius 1 is 1.62 bits per heavy atom. The first-order valence-corrected chi connectivity index (χ1v) is 4.57. The fourth-order valence-corrected chi connectivity index (χ4v) is 1.50. The predicted octanol–water partition coefficient (Wildman–Crippen LogP) is 2.17. The van der Waals surface area contributed by atoms with Crippen LogP contribution in [0.5, 0.6) is 5.75 Å². The molecule has 0 spiro atoms. The van der Waals surface area contributed by atoms with E-state index in [0.29, 0.717) is 11.4 Å². The van der Waals surface area contributed by atoms with Crippen molar-refractivity contribution in [1.29, 1.82) is 0 Å². The molecule has 1 atom stereocenters. The van der Waals surface area contributed by atoms with Crippen molar-refractivity contribution < 1.29 is 5.11 Å². The summed E-state index contributed by atoms with van der Waals surface area (Å²) in [5, 5.41) is 9.23. The molecule has 0 aromatic heterocycles. The number of aromatic hydroxyl groups is 1. The summed E-state index contributed by atoms with van der Waals surface area (Å²) in [6, 6.07) is 7.17. The van der Waals surface area contributed by atoms with Crippen LogP contribution in [0, 0.1) is 0 Å². The molecular formula is C10H13NOS. The van der Waals surface area contributed by atoms with Gasteiger partial charge in [0.15, 0.2) is 0 Å². The summed E-state index contributed by atoms with van der Waals surface area (Å²) in [5.41, 5.74) is 6.50. The van der Waals surface area contributed by atoms with Crippen LogP contribution in [0.4, 0.5) is 0 Å². The highest BCUT2D eigenvalue weighted by atomic mass is 32.1. The summed E-state index contributed by atoms with van der Waals surface area (Å²) in [6.07, 6.45) is 0.679. The molecule has 1 unspecified atom stereocenters. The summed E-state index contributed by atoms with van der Waals surface area (Å²) in [5.74, 6) is 0.553. The number of hydrogen-bond acceptors (Lipinski definition) is 2. The summed E-state index contributed by atoms with van der Waals surface area (Å²) in [6.45, 7) is 2.04. The molecule has 0 aliphatic rings. The Kier molecular flexibility index (Phi) is 3.25. The van der Waals surface area contributed by atoms with Crippen LogP contribution in [0.2, 0.25) is 0 Å². The van der Waals surface area contributed by atoms with Crippen LogP contribution < -0.4 is 5.73 Å². The lowest BCUT2D eigenvalue weighted by atomic mass is 9.98. The van der Waals surface area contributed by atoms with Crippen LogP contribution in [0.1, 0.15) is 24.8 Å². The van der Waals surface area contributed by atoms with E-state index < -0.39 is 0 Å². The number of thiocarbonyl (C=S) groups is 1. The second-order valence-electron chi connectivity index (χ2n) is 3.17. The minimum absolute atomic E-state index is 0.268. The molecule has 0 aliphatic carbocycles. The third-order valence-corrected chi connectivity index (χ3v) is 2.11. The zero-order chi connectivity index (χ0) is 9.84. The van der Waals surface area contributed by atoms with Gasteiger partial charge in [0.2, 0.25) is 0 Å². The van der Waals surface area contributed by atoms with Gasteiger partial charge in [0.25, 0.3) is 0 Å². The lowest BCUT2D eigenvalue weighted by Crippen LogP contribution is -2.11. The van der Waals surface area contributed by atoms with E-state index in [0.717, 1.165) is 5.56 Å². The summed E-state index contributed by atoms with van der Waals surface area (Å²) in [4.78, 5) is 0.510. The van der Waals surface area contributed by atoms with Gasteiger partial charge in [-0.3, -0.25) is 0 Å². The third-order valence-electron chi connectivity index (χ3n) is 1.95. The molecule has 0 radical (unpaired) electrons. The van der Waals surface area contributed by atoms with Gasteiger partial charge in [-0.05, 0) is 23.6 Å². The number of rotatable bonds is 3. The van der Waals surface area contributed by atoms with Crippen molar-refractivity contribution in [3.63, 3.8) is 0 Å². The topological polar surface area (TPSA) is 46.2 Å². The predicted molar refractivity (Wildman–Crippen MR) is 57.9 cm³/mol. The van der Waals surface area contributed by atoms with E-state index in [1.807, 2.05) is 19.1 Å². The van der Waals surface area contributed by atoms with Crippen molar-refractivity contribution >= 4 is 17.2 Å². The monoisotopic (exact) mass is 195 g/mol. The van der Waals surface area contributed by atoms with Crippen molar-refractivity contribution in [2.24, 2.45) is 5.73 Å². The fraction of sp³-hybridized carbons (Fsp3) is 0.300. The lowest BCUT2D eigenvalue weighted by Gasteiger charge is -2.10. The molecule has 0 aliphatic heterocycles. The molecule has 0 saturated carbocycles. The van der Waals surface area contributed by atoms with Crippen molar-refractivity contribution in [2.75, 3.05) is 0 Å². The van der Waals surface area contributed by atoms with Crippen LogP contribution in [0.3, 0.4) is 0 Å². The normalized spacial score (nSPS) is 12.4. The van der Waals surface area contributed by atoms with Gasteiger partial charge in [-0.1, -0.05) is 31.3 Å². The Hall–Kier alpha value is -1.09. The smallest absolute Gasteiger partial charge is 0.115 e. The van der Waals surface area contributed by atoms with E-state index in [-0.39, 0.29) is 11.7 Å². The first-order valence-electron chi connectivity index (χ1n) is 4.17. The van der Waals surface area contributed by atoms with Gasteiger partial charge in [0.1, 0.15) is 5.75 Å². The Bertz CT molecular complexity index is 312. The standard InChI is InChI=1S/C10H13NOS/c1-7(5-10(11)13)8-3-2-4-9(12)6-8/h2-4,6-7,12H,5H2,1H3,(H2,11,13). The molecule has 2 nitrogen and oxygen atoms in total. The van der Waals surface area contributed by atoms with E-state index >= 15 is 0 Å². The first-order chi connectivity index (χ1) is 6.09. The molecule has 0 amide bonds. The van der Waals surface area contributed by atoms with E-state index in [1.54, 1.807) is 12.1 Å². The maximum absolute atomic E-state index is 9.23. The molecule has 0 heterocycles. The van der Waals surface area contributed by atoms with Crippen molar-refractivity contribution in [2.45, 2.75) is 19.3 Å². The van der Waals surface area contributed by atoms with E-state index in [1.165, 1.54) is 0 Å². The molecule has 0 fully saturated rings. The van der Waals surface area contributed by atoms with Crippen LogP contribution in [0.15, 0.2) is 24.3 Å². The van der Waals surface area contributed by atoms with Gasteiger partial charge in [-0.2, -0.15) is 0 Å². The zero-order valence-electron chi connectivity index (χ0n) is 7.53. The van der Waals surface area contributed by atoms with Gasteiger partial charge in [-0.15, -0.1) is 0 Å². The van der Waals surface area contributed by atoms with Crippen molar-refractivity contribution in [3.8, 4) is 5.75 Å². The second kappa shape index (κ2) is 4.23. The van der Waals surface area contributed by atoms with Crippen LogP contribution in [-0.4, -0.2) is 10.1 Å².